The first kappa shape index (κ1) is 13.9. The summed E-state index contributed by atoms with van der Waals surface area (Å²) >= 11 is 8.97. The summed E-state index contributed by atoms with van der Waals surface area (Å²) in [5.41, 5.74) is 0.229. The number of carbonyl (C=O) groups is 2. The van der Waals surface area contributed by atoms with Crippen LogP contribution in [0.2, 0.25) is 5.15 Å². The molecule has 1 rings (SSSR count). The summed E-state index contributed by atoms with van der Waals surface area (Å²) in [5, 5.41) is 2.57. The van der Waals surface area contributed by atoms with Gasteiger partial charge in [-0.1, -0.05) is 11.6 Å². The normalized spacial score (nSPS) is 9.88. The minimum atomic E-state index is -0.431. The summed E-state index contributed by atoms with van der Waals surface area (Å²) in [5.74, 6) is -0.628. The van der Waals surface area contributed by atoms with Crippen LogP contribution < -0.4 is 5.32 Å². The number of hydrogen-bond acceptors (Lipinski definition) is 3. The van der Waals surface area contributed by atoms with E-state index in [-0.39, 0.29) is 23.2 Å². The van der Waals surface area contributed by atoms with Crippen LogP contribution in [0.3, 0.4) is 0 Å². The lowest BCUT2D eigenvalue weighted by molar-refractivity contribution is -0.127. The first-order valence-electron chi connectivity index (χ1n) is 4.71. The zero-order chi connectivity index (χ0) is 13.0. The Labute approximate surface area is 112 Å². The van der Waals surface area contributed by atoms with Crippen molar-refractivity contribution < 1.29 is 9.59 Å². The molecule has 0 spiro atoms. The van der Waals surface area contributed by atoms with E-state index in [0.717, 1.165) is 0 Å². The van der Waals surface area contributed by atoms with Gasteiger partial charge in [-0.05, 0) is 22.0 Å². The second-order valence-corrected chi connectivity index (χ2v) is 4.74. The molecule has 0 atom stereocenters. The molecule has 1 N–H and O–H groups in total. The highest BCUT2D eigenvalue weighted by molar-refractivity contribution is 9.10. The lowest BCUT2D eigenvalue weighted by Gasteiger charge is -2.11. The fraction of sp³-hybridized carbons (Fsp3) is 0.300. The molecule has 92 valence electrons. The molecule has 0 aliphatic heterocycles. The third-order valence-electron chi connectivity index (χ3n) is 1.95. The van der Waals surface area contributed by atoms with E-state index in [1.807, 2.05) is 0 Å². The number of rotatable bonds is 3. The van der Waals surface area contributed by atoms with Crippen molar-refractivity contribution in [3.8, 4) is 0 Å². The van der Waals surface area contributed by atoms with E-state index in [4.69, 9.17) is 11.6 Å². The molecule has 0 aliphatic rings. The third kappa shape index (κ3) is 3.98. The van der Waals surface area contributed by atoms with E-state index in [0.29, 0.717) is 4.47 Å². The van der Waals surface area contributed by atoms with Gasteiger partial charge >= 0.3 is 0 Å². The number of aromatic nitrogens is 1. The van der Waals surface area contributed by atoms with Gasteiger partial charge < -0.3 is 10.2 Å². The largest absolute Gasteiger partial charge is 0.347 e. The molecular weight excluding hydrogens is 309 g/mol. The molecule has 0 saturated carbocycles. The van der Waals surface area contributed by atoms with Gasteiger partial charge in [-0.15, -0.1) is 0 Å². The van der Waals surface area contributed by atoms with E-state index in [1.165, 1.54) is 11.1 Å². The van der Waals surface area contributed by atoms with Crippen molar-refractivity contribution in [2.75, 3.05) is 20.6 Å². The lowest BCUT2D eigenvalue weighted by Crippen LogP contribution is -2.36. The lowest BCUT2D eigenvalue weighted by atomic mass is 10.2. The maximum Gasteiger partial charge on any atom is 0.254 e. The Hall–Kier alpha value is -1.14. The van der Waals surface area contributed by atoms with Gasteiger partial charge in [0.1, 0.15) is 5.15 Å². The fourth-order valence-electron chi connectivity index (χ4n) is 0.991. The average molecular weight is 321 g/mol. The zero-order valence-corrected chi connectivity index (χ0v) is 11.7. The number of nitrogens with one attached hydrogen (secondary N) is 1. The van der Waals surface area contributed by atoms with Gasteiger partial charge in [-0.2, -0.15) is 0 Å². The van der Waals surface area contributed by atoms with E-state index < -0.39 is 5.91 Å². The van der Waals surface area contributed by atoms with Gasteiger partial charge in [-0.25, -0.2) is 4.98 Å². The highest BCUT2D eigenvalue weighted by atomic mass is 79.9. The first-order valence-corrected chi connectivity index (χ1v) is 5.88. The predicted molar refractivity (Wildman–Crippen MR) is 68.0 cm³/mol. The van der Waals surface area contributed by atoms with Crippen LogP contribution in [-0.4, -0.2) is 42.3 Å². The molecule has 0 unspecified atom stereocenters. The summed E-state index contributed by atoms with van der Waals surface area (Å²) < 4.78 is 0.644. The molecule has 0 aliphatic carbocycles. The van der Waals surface area contributed by atoms with Crippen LogP contribution >= 0.6 is 27.5 Å². The smallest absolute Gasteiger partial charge is 0.254 e. The number of likely N-dealkylation sites (N-methyl/N-ethyl adjacent to an activating group) is 1. The second kappa shape index (κ2) is 5.97. The SMILES string of the molecule is CN(C)C(=O)CNC(=O)c1cc(Br)cnc1Cl. The number of halogens is 2. The summed E-state index contributed by atoms with van der Waals surface area (Å²) in [4.78, 5) is 28.2. The molecule has 0 fully saturated rings. The summed E-state index contributed by atoms with van der Waals surface area (Å²) in [6.07, 6.45) is 1.49. The Morgan fingerprint density at radius 3 is 2.76 bits per heavy atom. The Morgan fingerprint density at radius 1 is 1.53 bits per heavy atom. The number of nitrogens with zero attached hydrogens (tertiary/aromatic N) is 2. The van der Waals surface area contributed by atoms with Gasteiger partial charge in [0.2, 0.25) is 5.91 Å². The van der Waals surface area contributed by atoms with Crippen molar-refractivity contribution >= 4 is 39.3 Å². The molecule has 1 heterocycles. The minimum absolute atomic E-state index is 0.0747. The van der Waals surface area contributed by atoms with Crippen LogP contribution in [0.4, 0.5) is 0 Å². The fourth-order valence-corrected chi connectivity index (χ4v) is 1.51. The molecule has 17 heavy (non-hydrogen) atoms. The van der Waals surface area contributed by atoms with Crippen molar-refractivity contribution in [2.24, 2.45) is 0 Å². The zero-order valence-electron chi connectivity index (χ0n) is 9.33. The molecule has 0 saturated heterocycles. The number of carbonyl (C=O) groups excluding carboxylic acids is 2. The monoisotopic (exact) mass is 319 g/mol. The second-order valence-electron chi connectivity index (χ2n) is 3.46. The van der Waals surface area contributed by atoms with Crippen molar-refractivity contribution in [1.29, 1.82) is 0 Å². The molecule has 0 radical (unpaired) electrons. The van der Waals surface area contributed by atoms with Gasteiger partial charge in [0.25, 0.3) is 5.91 Å². The summed E-state index contributed by atoms with van der Waals surface area (Å²) in [6, 6.07) is 1.55. The Balaban J connectivity index is 2.70. The van der Waals surface area contributed by atoms with Gasteiger partial charge in [0.05, 0.1) is 12.1 Å². The molecule has 7 heteroatoms. The maximum absolute atomic E-state index is 11.7. The molecule has 1 aromatic heterocycles. The Kier molecular flexibility index (Phi) is 4.89. The van der Waals surface area contributed by atoms with Crippen LogP contribution in [0.25, 0.3) is 0 Å². The average Bonchev–Trinajstić information content (AvgIpc) is 2.28. The van der Waals surface area contributed by atoms with Crippen molar-refractivity contribution in [3.63, 3.8) is 0 Å². The highest BCUT2D eigenvalue weighted by Crippen LogP contribution is 2.17. The predicted octanol–water partition coefficient (Wildman–Crippen LogP) is 1.32. The maximum atomic E-state index is 11.7. The minimum Gasteiger partial charge on any atom is -0.347 e. The summed E-state index contributed by atoms with van der Waals surface area (Å²) in [6.45, 7) is -0.0747. The van der Waals surface area contributed by atoms with Crippen LogP contribution in [-0.2, 0) is 4.79 Å². The van der Waals surface area contributed by atoms with E-state index in [9.17, 15) is 9.59 Å². The van der Waals surface area contributed by atoms with Gasteiger partial charge in [0.15, 0.2) is 0 Å². The van der Waals surface area contributed by atoms with Crippen LogP contribution in [0.1, 0.15) is 10.4 Å². The molecule has 1 aromatic rings. The number of hydrogen-bond donors (Lipinski definition) is 1. The highest BCUT2D eigenvalue weighted by Gasteiger charge is 2.13. The van der Waals surface area contributed by atoms with Crippen molar-refractivity contribution in [2.45, 2.75) is 0 Å². The topological polar surface area (TPSA) is 62.3 Å². The molecule has 0 bridgehead atoms. The number of amides is 2. The summed E-state index contributed by atoms with van der Waals surface area (Å²) in [7, 11) is 3.23. The van der Waals surface area contributed by atoms with Gasteiger partial charge in [0, 0.05) is 24.8 Å². The molecular formula is C10H11BrClN3O2. The quantitative estimate of drug-likeness (QED) is 0.854. The van der Waals surface area contributed by atoms with Crippen LogP contribution in [0.15, 0.2) is 16.7 Å². The third-order valence-corrected chi connectivity index (χ3v) is 2.68. The molecule has 2 amide bonds. The van der Waals surface area contributed by atoms with E-state index in [1.54, 1.807) is 20.2 Å². The first-order chi connectivity index (χ1) is 7.91. The van der Waals surface area contributed by atoms with Crippen molar-refractivity contribution in [1.82, 2.24) is 15.2 Å². The molecule has 0 aromatic carbocycles. The van der Waals surface area contributed by atoms with E-state index >= 15 is 0 Å². The van der Waals surface area contributed by atoms with Crippen LogP contribution in [0, 0.1) is 0 Å². The Morgan fingerprint density at radius 2 is 2.18 bits per heavy atom. The Bertz CT molecular complexity index is 451. The number of pyridine rings is 1. The van der Waals surface area contributed by atoms with Gasteiger partial charge in [-0.3, -0.25) is 9.59 Å². The van der Waals surface area contributed by atoms with Crippen LogP contribution in [0.5, 0.6) is 0 Å². The van der Waals surface area contributed by atoms with E-state index in [2.05, 4.69) is 26.2 Å². The van der Waals surface area contributed by atoms with Crippen molar-refractivity contribution in [3.05, 3.63) is 27.5 Å². The standard InChI is InChI=1S/C10H11BrClN3O2/c1-15(2)8(16)5-14-10(17)7-3-6(11)4-13-9(7)12/h3-4H,5H2,1-2H3,(H,14,17). The molecule has 5 nitrogen and oxygen atoms in total.